The minimum absolute atomic E-state index is 0.0658. The van der Waals surface area contributed by atoms with Crippen molar-refractivity contribution in [2.24, 2.45) is 0 Å². The number of amides is 1. The molecule has 8 heteroatoms. The highest BCUT2D eigenvalue weighted by Gasteiger charge is 2.17. The normalized spacial score (nSPS) is 10.2. The lowest BCUT2D eigenvalue weighted by molar-refractivity contribution is -0.383. The molecule has 1 heterocycles. The van der Waals surface area contributed by atoms with Gasteiger partial charge in [-0.1, -0.05) is 17.7 Å². The fraction of sp³-hybridized carbons (Fsp3) is 0. The summed E-state index contributed by atoms with van der Waals surface area (Å²) in [4.78, 5) is 21.6. The highest BCUT2D eigenvalue weighted by molar-refractivity contribution is 7.19. The van der Waals surface area contributed by atoms with Crippen molar-refractivity contribution in [1.82, 2.24) is 0 Å². The molecule has 0 atom stereocenters. The maximum Gasteiger partial charge on any atom is 0.409 e. The number of hydrogen-bond acceptors (Lipinski definition) is 4. The summed E-state index contributed by atoms with van der Waals surface area (Å²) in [6.45, 7) is 0. The number of thiophene rings is 1. The molecule has 1 aromatic carbocycles. The van der Waals surface area contributed by atoms with Gasteiger partial charge in [0.05, 0.1) is 9.26 Å². The van der Waals surface area contributed by atoms with Gasteiger partial charge in [0.2, 0.25) is 0 Å². The predicted molar refractivity (Wildman–Crippen MR) is 73.1 cm³/mol. The minimum Gasteiger partial charge on any atom is -0.465 e. The van der Waals surface area contributed by atoms with E-state index in [4.69, 9.17) is 16.7 Å². The molecule has 2 rings (SSSR count). The first kappa shape index (κ1) is 13.3. The molecular formula is C11H7ClN2O4S. The SMILES string of the molecule is O=C(O)Nc1ccc(-c2ccc(Cl)s2)cc1[N+](=O)[O-]. The van der Waals surface area contributed by atoms with Crippen molar-refractivity contribution in [1.29, 1.82) is 0 Å². The molecule has 0 aliphatic heterocycles. The van der Waals surface area contributed by atoms with Gasteiger partial charge in [-0.05, 0) is 23.8 Å². The van der Waals surface area contributed by atoms with E-state index in [2.05, 4.69) is 0 Å². The lowest BCUT2D eigenvalue weighted by atomic mass is 10.1. The van der Waals surface area contributed by atoms with E-state index in [-0.39, 0.29) is 11.4 Å². The Labute approximate surface area is 116 Å². The molecule has 2 N–H and O–H groups in total. The number of nitro benzene ring substituents is 1. The highest BCUT2D eigenvalue weighted by atomic mass is 35.5. The number of benzene rings is 1. The quantitative estimate of drug-likeness (QED) is 0.660. The summed E-state index contributed by atoms with van der Waals surface area (Å²) in [5.41, 5.74) is 0.243. The lowest BCUT2D eigenvalue weighted by Gasteiger charge is -2.04. The number of rotatable bonds is 3. The van der Waals surface area contributed by atoms with E-state index < -0.39 is 11.0 Å². The van der Waals surface area contributed by atoms with E-state index in [1.807, 2.05) is 5.32 Å². The Balaban J connectivity index is 2.47. The van der Waals surface area contributed by atoms with Gasteiger partial charge in [0.1, 0.15) is 5.69 Å². The number of anilines is 1. The fourth-order valence-electron chi connectivity index (χ4n) is 1.53. The van der Waals surface area contributed by atoms with Gasteiger partial charge in [0, 0.05) is 10.9 Å². The number of hydrogen-bond donors (Lipinski definition) is 2. The van der Waals surface area contributed by atoms with Crippen molar-refractivity contribution < 1.29 is 14.8 Å². The van der Waals surface area contributed by atoms with Crippen molar-refractivity contribution >= 4 is 40.4 Å². The number of halogens is 1. The highest BCUT2D eigenvalue weighted by Crippen LogP contribution is 2.35. The number of carbonyl (C=O) groups is 1. The smallest absolute Gasteiger partial charge is 0.409 e. The summed E-state index contributed by atoms with van der Waals surface area (Å²) < 4.78 is 0.574. The zero-order chi connectivity index (χ0) is 14.0. The molecule has 0 aliphatic rings. The molecule has 0 radical (unpaired) electrons. The summed E-state index contributed by atoms with van der Waals surface area (Å²) in [5, 5.41) is 21.5. The van der Waals surface area contributed by atoms with Gasteiger partial charge in [-0.15, -0.1) is 11.3 Å². The summed E-state index contributed by atoms with van der Waals surface area (Å²) in [7, 11) is 0. The van der Waals surface area contributed by atoms with Crippen molar-refractivity contribution in [2.45, 2.75) is 0 Å². The summed E-state index contributed by atoms with van der Waals surface area (Å²) in [5.74, 6) is 0. The molecule has 1 amide bonds. The molecule has 0 saturated heterocycles. The number of nitro groups is 1. The van der Waals surface area contributed by atoms with Gasteiger partial charge in [0.15, 0.2) is 0 Å². The largest absolute Gasteiger partial charge is 0.465 e. The van der Waals surface area contributed by atoms with Gasteiger partial charge in [-0.25, -0.2) is 4.79 Å². The maximum atomic E-state index is 10.9. The molecule has 0 spiro atoms. The van der Waals surface area contributed by atoms with Gasteiger partial charge in [-0.3, -0.25) is 15.4 Å². The van der Waals surface area contributed by atoms with E-state index in [9.17, 15) is 14.9 Å². The first-order valence-corrected chi connectivity index (χ1v) is 6.21. The van der Waals surface area contributed by atoms with Crippen LogP contribution in [0.4, 0.5) is 16.2 Å². The minimum atomic E-state index is -1.35. The molecule has 0 aliphatic carbocycles. The van der Waals surface area contributed by atoms with Crippen molar-refractivity contribution in [3.8, 4) is 10.4 Å². The maximum absolute atomic E-state index is 10.9. The van der Waals surface area contributed by atoms with Gasteiger partial charge in [0.25, 0.3) is 5.69 Å². The van der Waals surface area contributed by atoms with Crippen LogP contribution in [0.3, 0.4) is 0 Å². The third kappa shape index (κ3) is 3.01. The Hall–Kier alpha value is -2.12. The Kier molecular flexibility index (Phi) is 3.68. The molecule has 0 bridgehead atoms. The van der Waals surface area contributed by atoms with Crippen molar-refractivity contribution in [3.63, 3.8) is 0 Å². The van der Waals surface area contributed by atoms with E-state index in [0.717, 1.165) is 4.88 Å². The molecule has 0 fully saturated rings. The topological polar surface area (TPSA) is 92.5 Å². The molecular weight excluding hydrogens is 292 g/mol. The second kappa shape index (κ2) is 5.25. The average molecular weight is 299 g/mol. The fourth-order valence-corrected chi connectivity index (χ4v) is 2.57. The van der Waals surface area contributed by atoms with Gasteiger partial charge in [-0.2, -0.15) is 0 Å². The molecule has 2 aromatic rings. The van der Waals surface area contributed by atoms with Crippen LogP contribution in [0.15, 0.2) is 30.3 Å². The predicted octanol–water partition coefficient (Wildman–Crippen LogP) is 4.07. The Morgan fingerprint density at radius 1 is 1.37 bits per heavy atom. The first-order chi connectivity index (χ1) is 8.97. The molecule has 0 unspecified atom stereocenters. The third-order valence-electron chi connectivity index (χ3n) is 2.29. The lowest BCUT2D eigenvalue weighted by Crippen LogP contribution is -2.09. The van der Waals surface area contributed by atoms with Gasteiger partial charge >= 0.3 is 6.09 Å². The van der Waals surface area contributed by atoms with Crippen LogP contribution in [0, 0.1) is 10.1 Å². The summed E-state index contributed by atoms with van der Waals surface area (Å²) in [6.07, 6.45) is -1.35. The summed E-state index contributed by atoms with van der Waals surface area (Å²) >= 11 is 7.09. The Bertz CT molecular complexity index is 656. The van der Waals surface area contributed by atoms with E-state index in [1.165, 1.54) is 23.5 Å². The monoisotopic (exact) mass is 298 g/mol. The van der Waals surface area contributed by atoms with E-state index in [0.29, 0.717) is 9.90 Å². The Morgan fingerprint density at radius 3 is 2.63 bits per heavy atom. The zero-order valence-electron chi connectivity index (χ0n) is 9.29. The molecule has 6 nitrogen and oxygen atoms in total. The standard InChI is InChI=1S/C11H7ClN2O4S/c12-10-4-3-9(19-10)6-1-2-7(13-11(15)16)8(5-6)14(17)18/h1-5,13H,(H,15,16). The van der Waals surface area contributed by atoms with Crippen LogP contribution in [0.2, 0.25) is 4.34 Å². The van der Waals surface area contributed by atoms with Crippen LogP contribution in [-0.4, -0.2) is 16.1 Å². The number of nitrogens with one attached hydrogen (secondary N) is 1. The van der Waals surface area contributed by atoms with E-state index in [1.54, 1.807) is 18.2 Å². The molecule has 19 heavy (non-hydrogen) atoms. The third-order valence-corrected chi connectivity index (χ3v) is 3.57. The second-order valence-corrected chi connectivity index (χ2v) is 5.24. The first-order valence-electron chi connectivity index (χ1n) is 5.01. The van der Waals surface area contributed by atoms with E-state index >= 15 is 0 Å². The zero-order valence-corrected chi connectivity index (χ0v) is 10.9. The average Bonchev–Trinajstić information content (AvgIpc) is 2.75. The van der Waals surface area contributed by atoms with Crippen molar-refractivity contribution in [2.75, 3.05) is 5.32 Å². The second-order valence-electron chi connectivity index (χ2n) is 3.52. The van der Waals surface area contributed by atoms with Crippen LogP contribution >= 0.6 is 22.9 Å². The summed E-state index contributed by atoms with van der Waals surface area (Å²) in [6, 6.07) is 7.70. The number of nitrogens with zero attached hydrogens (tertiary/aromatic N) is 1. The number of carboxylic acid groups (broad SMARTS) is 1. The molecule has 1 aromatic heterocycles. The van der Waals surface area contributed by atoms with Crippen molar-refractivity contribution in [3.05, 3.63) is 44.8 Å². The van der Waals surface area contributed by atoms with Crippen LogP contribution in [-0.2, 0) is 0 Å². The van der Waals surface area contributed by atoms with Crippen LogP contribution in [0.25, 0.3) is 10.4 Å². The van der Waals surface area contributed by atoms with Crippen LogP contribution < -0.4 is 5.32 Å². The van der Waals surface area contributed by atoms with Crippen LogP contribution in [0.1, 0.15) is 0 Å². The molecule has 98 valence electrons. The van der Waals surface area contributed by atoms with Gasteiger partial charge < -0.3 is 5.11 Å². The molecule has 0 saturated carbocycles. The Morgan fingerprint density at radius 2 is 2.11 bits per heavy atom. The van der Waals surface area contributed by atoms with Crippen LogP contribution in [0.5, 0.6) is 0 Å².